The zero-order valence-corrected chi connectivity index (χ0v) is 13.2. The maximum Gasteiger partial charge on any atom is 0.306 e. The third kappa shape index (κ3) is 4.48. The molecular formula is C17H21NO5. The van der Waals surface area contributed by atoms with Gasteiger partial charge in [0.05, 0.1) is 13.0 Å². The van der Waals surface area contributed by atoms with Crippen LogP contribution in [0.3, 0.4) is 0 Å². The van der Waals surface area contributed by atoms with Crippen LogP contribution in [0.15, 0.2) is 24.3 Å². The first-order valence-electron chi connectivity index (χ1n) is 7.49. The van der Waals surface area contributed by atoms with Crippen LogP contribution >= 0.6 is 0 Å². The normalized spacial score (nSPS) is 19.9. The van der Waals surface area contributed by atoms with E-state index < -0.39 is 5.97 Å². The molecule has 0 saturated heterocycles. The van der Waals surface area contributed by atoms with Crippen LogP contribution in [0.4, 0.5) is 0 Å². The van der Waals surface area contributed by atoms with E-state index >= 15 is 0 Å². The van der Waals surface area contributed by atoms with Crippen LogP contribution in [0.1, 0.15) is 25.3 Å². The van der Waals surface area contributed by atoms with Gasteiger partial charge in [-0.25, -0.2) is 0 Å². The molecule has 2 N–H and O–H groups in total. The molecule has 1 aromatic carbocycles. The van der Waals surface area contributed by atoms with Crippen LogP contribution in [0.5, 0.6) is 11.5 Å². The maximum atomic E-state index is 11.8. The lowest BCUT2D eigenvalue weighted by Gasteiger charge is -2.32. The van der Waals surface area contributed by atoms with E-state index in [9.17, 15) is 9.59 Å². The number of methoxy groups -OCH3 is 1. The summed E-state index contributed by atoms with van der Waals surface area (Å²) in [6.45, 7) is 1.80. The second-order valence-electron chi connectivity index (χ2n) is 5.47. The number of carbonyl (C=O) groups excluding carboxylic acids is 1. The summed E-state index contributed by atoms with van der Waals surface area (Å²) in [7, 11) is 1.54. The van der Waals surface area contributed by atoms with Gasteiger partial charge < -0.3 is 19.9 Å². The average molecular weight is 319 g/mol. The van der Waals surface area contributed by atoms with Crippen LogP contribution in [-0.4, -0.2) is 36.7 Å². The SMILES string of the molecule is C/C=C/c1ccc(OCC(=O)NC2CC(C(=O)O)C2)c(OC)c1. The molecule has 1 aliphatic carbocycles. The van der Waals surface area contributed by atoms with E-state index in [-0.39, 0.29) is 24.5 Å². The lowest BCUT2D eigenvalue weighted by Crippen LogP contribution is -2.48. The topological polar surface area (TPSA) is 84.9 Å². The van der Waals surface area contributed by atoms with E-state index in [0.29, 0.717) is 24.3 Å². The summed E-state index contributed by atoms with van der Waals surface area (Å²) < 4.78 is 10.8. The molecule has 23 heavy (non-hydrogen) atoms. The van der Waals surface area contributed by atoms with Crippen LogP contribution in [-0.2, 0) is 9.59 Å². The number of carbonyl (C=O) groups is 2. The van der Waals surface area contributed by atoms with Crippen molar-refractivity contribution in [3.05, 3.63) is 29.8 Å². The monoisotopic (exact) mass is 319 g/mol. The van der Waals surface area contributed by atoms with Gasteiger partial charge in [0.2, 0.25) is 0 Å². The fraction of sp³-hybridized carbons (Fsp3) is 0.412. The van der Waals surface area contributed by atoms with Gasteiger partial charge in [0, 0.05) is 6.04 Å². The van der Waals surface area contributed by atoms with E-state index in [0.717, 1.165) is 5.56 Å². The maximum absolute atomic E-state index is 11.8. The molecule has 0 atom stereocenters. The Morgan fingerprint density at radius 3 is 2.70 bits per heavy atom. The largest absolute Gasteiger partial charge is 0.493 e. The minimum Gasteiger partial charge on any atom is -0.493 e. The molecule has 1 aliphatic rings. The standard InChI is InChI=1S/C17H21NO5/c1-3-4-11-5-6-14(15(7-11)22-2)23-10-16(19)18-13-8-12(9-13)17(20)21/h3-7,12-13H,8-10H2,1-2H3,(H,18,19)(H,20,21)/b4-3+. The summed E-state index contributed by atoms with van der Waals surface area (Å²) in [6.07, 6.45) is 4.81. The first-order valence-corrected chi connectivity index (χ1v) is 7.49. The quantitative estimate of drug-likeness (QED) is 0.804. The Bertz CT molecular complexity index is 605. The van der Waals surface area contributed by atoms with Crippen molar-refractivity contribution < 1.29 is 24.2 Å². The molecule has 0 aliphatic heterocycles. The van der Waals surface area contributed by atoms with Gasteiger partial charge in [-0.2, -0.15) is 0 Å². The Balaban J connectivity index is 1.83. The number of hydrogen-bond donors (Lipinski definition) is 2. The first-order chi connectivity index (χ1) is 11.0. The predicted molar refractivity (Wildman–Crippen MR) is 85.5 cm³/mol. The minimum atomic E-state index is -0.808. The first kappa shape index (κ1) is 16.9. The lowest BCUT2D eigenvalue weighted by molar-refractivity contribution is -0.146. The summed E-state index contributed by atoms with van der Waals surface area (Å²) >= 11 is 0. The van der Waals surface area contributed by atoms with Crippen LogP contribution in [0.25, 0.3) is 6.08 Å². The number of hydrogen-bond acceptors (Lipinski definition) is 4. The summed E-state index contributed by atoms with van der Waals surface area (Å²) in [5.41, 5.74) is 0.982. The van der Waals surface area contributed by atoms with Crippen molar-refractivity contribution in [2.24, 2.45) is 5.92 Å². The highest BCUT2D eigenvalue weighted by Gasteiger charge is 2.35. The molecule has 0 unspecified atom stereocenters. The van der Waals surface area contributed by atoms with Crippen LogP contribution in [0, 0.1) is 5.92 Å². The number of benzene rings is 1. The van der Waals surface area contributed by atoms with Crippen molar-refractivity contribution in [2.45, 2.75) is 25.8 Å². The number of allylic oxidation sites excluding steroid dienone is 1. The average Bonchev–Trinajstić information content (AvgIpc) is 2.48. The van der Waals surface area contributed by atoms with Gasteiger partial charge in [-0.15, -0.1) is 0 Å². The van der Waals surface area contributed by atoms with E-state index in [1.54, 1.807) is 13.2 Å². The van der Waals surface area contributed by atoms with Crippen molar-refractivity contribution in [2.75, 3.05) is 13.7 Å². The van der Waals surface area contributed by atoms with Crippen molar-refractivity contribution in [3.63, 3.8) is 0 Å². The van der Waals surface area contributed by atoms with E-state index in [2.05, 4.69) is 5.32 Å². The van der Waals surface area contributed by atoms with Gasteiger partial charge >= 0.3 is 5.97 Å². The highest BCUT2D eigenvalue weighted by atomic mass is 16.5. The van der Waals surface area contributed by atoms with Gasteiger partial charge in [0.15, 0.2) is 18.1 Å². The van der Waals surface area contributed by atoms with Crippen molar-refractivity contribution in [3.8, 4) is 11.5 Å². The molecule has 0 bridgehead atoms. The second-order valence-corrected chi connectivity index (χ2v) is 5.47. The summed E-state index contributed by atoms with van der Waals surface area (Å²) in [5, 5.41) is 11.6. The molecule has 2 rings (SSSR count). The third-order valence-corrected chi connectivity index (χ3v) is 3.76. The smallest absolute Gasteiger partial charge is 0.306 e. The zero-order valence-electron chi connectivity index (χ0n) is 13.2. The number of amides is 1. The Morgan fingerprint density at radius 1 is 1.35 bits per heavy atom. The van der Waals surface area contributed by atoms with Gasteiger partial charge in [0.25, 0.3) is 5.91 Å². The summed E-state index contributed by atoms with van der Waals surface area (Å²) in [6, 6.07) is 5.38. The molecular weight excluding hydrogens is 298 g/mol. The molecule has 6 nitrogen and oxygen atoms in total. The minimum absolute atomic E-state index is 0.0776. The number of rotatable bonds is 7. The molecule has 0 spiro atoms. The van der Waals surface area contributed by atoms with Crippen molar-refractivity contribution >= 4 is 18.0 Å². The van der Waals surface area contributed by atoms with E-state index in [1.165, 1.54) is 0 Å². The molecule has 1 amide bonds. The van der Waals surface area contributed by atoms with Crippen molar-refractivity contribution in [1.82, 2.24) is 5.32 Å². The van der Waals surface area contributed by atoms with Gasteiger partial charge in [-0.3, -0.25) is 9.59 Å². The second kappa shape index (κ2) is 7.67. The predicted octanol–water partition coefficient (Wildman–Crippen LogP) is 2.09. The lowest BCUT2D eigenvalue weighted by atomic mass is 9.80. The molecule has 0 aromatic heterocycles. The Morgan fingerprint density at radius 2 is 2.09 bits per heavy atom. The van der Waals surface area contributed by atoms with Gasteiger partial charge in [0.1, 0.15) is 0 Å². The number of ether oxygens (including phenoxy) is 2. The van der Waals surface area contributed by atoms with Crippen molar-refractivity contribution in [1.29, 1.82) is 0 Å². The summed E-state index contributed by atoms with van der Waals surface area (Å²) in [4.78, 5) is 22.5. The van der Waals surface area contributed by atoms with Crippen LogP contribution in [0.2, 0.25) is 0 Å². The molecule has 1 aromatic rings. The molecule has 124 valence electrons. The number of aliphatic carboxylic acids is 1. The number of carboxylic acids is 1. The molecule has 0 heterocycles. The number of carboxylic acid groups (broad SMARTS) is 1. The fourth-order valence-corrected chi connectivity index (χ4v) is 2.45. The summed E-state index contributed by atoms with van der Waals surface area (Å²) in [5.74, 6) is -0.368. The molecule has 6 heteroatoms. The molecule has 1 saturated carbocycles. The van der Waals surface area contributed by atoms with Crippen LogP contribution < -0.4 is 14.8 Å². The number of nitrogens with one attached hydrogen (secondary N) is 1. The fourth-order valence-electron chi connectivity index (χ4n) is 2.45. The van der Waals surface area contributed by atoms with E-state index in [1.807, 2.05) is 31.2 Å². The van der Waals surface area contributed by atoms with E-state index in [4.69, 9.17) is 14.6 Å². The third-order valence-electron chi connectivity index (χ3n) is 3.76. The Hall–Kier alpha value is -2.50. The molecule has 0 radical (unpaired) electrons. The molecule has 1 fully saturated rings. The Kier molecular flexibility index (Phi) is 5.62. The Labute approximate surface area is 135 Å². The zero-order chi connectivity index (χ0) is 16.8. The van der Waals surface area contributed by atoms with Gasteiger partial charge in [-0.05, 0) is 37.5 Å². The van der Waals surface area contributed by atoms with Gasteiger partial charge in [-0.1, -0.05) is 18.2 Å². The highest BCUT2D eigenvalue weighted by molar-refractivity contribution is 5.79. The highest BCUT2D eigenvalue weighted by Crippen LogP contribution is 2.29.